The lowest BCUT2D eigenvalue weighted by Crippen LogP contribution is -2.14. The van der Waals surface area contributed by atoms with Gasteiger partial charge in [-0.25, -0.2) is 4.79 Å². The molecule has 2 aromatic rings. The molecule has 0 saturated heterocycles. The largest absolute Gasteiger partial charge is 0.478 e. The van der Waals surface area contributed by atoms with Gasteiger partial charge < -0.3 is 15.3 Å². The van der Waals surface area contributed by atoms with E-state index >= 15 is 0 Å². The fraction of sp³-hybridized carbons (Fsp3) is 0.176. The van der Waals surface area contributed by atoms with Gasteiger partial charge in [-0.2, -0.15) is 0 Å². The molecule has 6 heteroatoms. The molecule has 2 aromatic carbocycles. The average Bonchev–Trinajstić information content (AvgIpc) is 2.48. The van der Waals surface area contributed by atoms with Gasteiger partial charge in [0, 0.05) is 31.0 Å². The highest BCUT2D eigenvalue weighted by Gasteiger charge is 2.13. The highest BCUT2D eigenvalue weighted by Crippen LogP contribution is 2.22. The van der Waals surface area contributed by atoms with Crippen LogP contribution in [0.5, 0.6) is 0 Å². The van der Waals surface area contributed by atoms with Crippen LogP contribution in [-0.2, 0) is 0 Å². The topological polar surface area (TPSA) is 69.6 Å². The van der Waals surface area contributed by atoms with Crippen molar-refractivity contribution in [3.05, 3.63) is 58.1 Å². The second-order valence-corrected chi connectivity index (χ2v) is 5.76. The molecule has 0 unspecified atom stereocenters. The highest BCUT2D eigenvalue weighted by molar-refractivity contribution is 6.33. The molecule has 1 amide bonds. The second kappa shape index (κ2) is 6.71. The minimum Gasteiger partial charge on any atom is -0.478 e. The number of carboxylic acids is 1. The van der Waals surface area contributed by atoms with E-state index in [9.17, 15) is 9.59 Å². The summed E-state index contributed by atoms with van der Waals surface area (Å²) in [5, 5.41) is 11.9. The summed E-state index contributed by atoms with van der Waals surface area (Å²) in [6.45, 7) is 1.93. The molecule has 0 aliphatic carbocycles. The smallest absolute Gasteiger partial charge is 0.337 e. The molecule has 0 bridgehead atoms. The zero-order valence-electron chi connectivity index (χ0n) is 13.1. The number of nitrogens with one attached hydrogen (secondary N) is 1. The quantitative estimate of drug-likeness (QED) is 0.896. The Hall–Kier alpha value is -2.53. The molecule has 0 radical (unpaired) electrons. The number of carbonyl (C=O) groups excluding carboxylic acids is 1. The Morgan fingerprint density at radius 3 is 2.39 bits per heavy atom. The summed E-state index contributed by atoms with van der Waals surface area (Å²) in [4.78, 5) is 25.3. The van der Waals surface area contributed by atoms with Crippen molar-refractivity contribution in [3.63, 3.8) is 0 Å². The van der Waals surface area contributed by atoms with E-state index in [1.54, 1.807) is 18.2 Å². The van der Waals surface area contributed by atoms with Crippen molar-refractivity contribution < 1.29 is 14.7 Å². The molecular formula is C17H17ClN2O3. The Morgan fingerprint density at radius 2 is 1.83 bits per heavy atom. The van der Waals surface area contributed by atoms with Gasteiger partial charge >= 0.3 is 5.97 Å². The first-order valence-electron chi connectivity index (χ1n) is 6.91. The predicted molar refractivity (Wildman–Crippen MR) is 91.9 cm³/mol. The highest BCUT2D eigenvalue weighted by atomic mass is 35.5. The van der Waals surface area contributed by atoms with E-state index in [2.05, 4.69) is 5.32 Å². The van der Waals surface area contributed by atoms with Gasteiger partial charge in [0.15, 0.2) is 0 Å². The van der Waals surface area contributed by atoms with E-state index in [-0.39, 0.29) is 16.5 Å². The van der Waals surface area contributed by atoms with Gasteiger partial charge in [0.25, 0.3) is 5.91 Å². The fourth-order valence-electron chi connectivity index (χ4n) is 2.27. The lowest BCUT2D eigenvalue weighted by atomic mass is 10.1. The SMILES string of the molecule is Cc1cc(C(=O)Nc2ccc(Cl)c(C(=O)O)c2)ccc1N(C)C. The number of benzene rings is 2. The van der Waals surface area contributed by atoms with Crippen LogP contribution in [0.1, 0.15) is 26.3 Å². The third-order valence-corrected chi connectivity index (χ3v) is 3.73. The average molecular weight is 333 g/mol. The van der Waals surface area contributed by atoms with Crippen molar-refractivity contribution in [2.45, 2.75) is 6.92 Å². The molecule has 2 N–H and O–H groups in total. The summed E-state index contributed by atoms with van der Waals surface area (Å²) in [5.74, 6) is -1.45. The maximum Gasteiger partial charge on any atom is 0.337 e. The third kappa shape index (κ3) is 3.81. The summed E-state index contributed by atoms with van der Waals surface area (Å²) in [6.07, 6.45) is 0. The first-order chi connectivity index (χ1) is 10.8. The molecule has 0 saturated carbocycles. The molecule has 0 aliphatic rings. The van der Waals surface area contributed by atoms with E-state index in [0.717, 1.165) is 11.3 Å². The second-order valence-electron chi connectivity index (χ2n) is 5.35. The van der Waals surface area contributed by atoms with Crippen molar-refractivity contribution in [3.8, 4) is 0 Å². The van der Waals surface area contributed by atoms with E-state index in [4.69, 9.17) is 16.7 Å². The van der Waals surface area contributed by atoms with E-state index in [0.29, 0.717) is 11.3 Å². The van der Waals surface area contributed by atoms with Crippen molar-refractivity contribution in [2.75, 3.05) is 24.3 Å². The number of hydrogen-bond donors (Lipinski definition) is 2. The van der Waals surface area contributed by atoms with Crippen molar-refractivity contribution >= 4 is 34.9 Å². The van der Waals surface area contributed by atoms with Crippen LogP contribution in [0.3, 0.4) is 0 Å². The number of rotatable bonds is 4. The molecule has 0 aromatic heterocycles. The minimum atomic E-state index is -1.14. The lowest BCUT2D eigenvalue weighted by molar-refractivity contribution is 0.0696. The lowest BCUT2D eigenvalue weighted by Gasteiger charge is -2.16. The molecule has 0 fully saturated rings. The van der Waals surface area contributed by atoms with Crippen LogP contribution in [-0.4, -0.2) is 31.1 Å². The number of carbonyl (C=O) groups is 2. The number of carboxylic acid groups (broad SMARTS) is 1. The molecule has 0 heterocycles. The van der Waals surface area contributed by atoms with Gasteiger partial charge in [-0.3, -0.25) is 4.79 Å². The number of amides is 1. The van der Waals surface area contributed by atoms with Gasteiger partial charge in [-0.15, -0.1) is 0 Å². The summed E-state index contributed by atoms with van der Waals surface area (Å²) in [5.41, 5.74) is 2.83. The first-order valence-corrected chi connectivity index (χ1v) is 7.29. The third-order valence-electron chi connectivity index (χ3n) is 3.40. The van der Waals surface area contributed by atoms with Crippen molar-refractivity contribution in [1.82, 2.24) is 0 Å². The summed E-state index contributed by atoms with van der Waals surface area (Å²) in [7, 11) is 3.87. The monoisotopic (exact) mass is 332 g/mol. The number of anilines is 2. The Bertz CT molecular complexity index is 772. The zero-order chi connectivity index (χ0) is 17.1. The summed E-state index contributed by atoms with van der Waals surface area (Å²) < 4.78 is 0. The van der Waals surface area contributed by atoms with Crippen LogP contribution in [0.4, 0.5) is 11.4 Å². The molecule has 23 heavy (non-hydrogen) atoms. The predicted octanol–water partition coefficient (Wildman–Crippen LogP) is 3.66. The maximum absolute atomic E-state index is 12.3. The van der Waals surface area contributed by atoms with Gasteiger partial charge in [-0.05, 0) is 48.9 Å². The fourth-order valence-corrected chi connectivity index (χ4v) is 2.47. The van der Waals surface area contributed by atoms with Crippen LogP contribution in [0, 0.1) is 6.92 Å². The standard InChI is InChI=1S/C17H17ClN2O3/c1-10-8-11(4-7-15(10)20(2)3)16(21)19-12-5-6-14(18)13(9-12)17(22)23/h4-9H,1-3H3,(H,19,21)(H,22,23). The number of nitrogens with zero attached hydrogens (tertiary/aromatic N) is 1. The zero-order valence-corrected chi connectivity index (χ0v) is 13.8. The van der Waals surface area contributed by atoms with Crippen LogP contribution in [0.15, 0.2) is 36.4 Å². The van der Waals surface area contributed by atoms with Gasteiger partial charge in [-0.1, -0.05) is 11.6 Å². The Balaban J connectivity index is 2.24. The molecule has 2 rings (SSSR count). The maximum atomic E-state index is 12.3. The minimum absolute atomic E-state index is 0.0522. The van der Waals surface area contributed by atoms with Crippen molar-refractivity contribution in [2.24, 2.45) is 0 Å². The van der Waals surface area contributed by atoms with E-state index in [1.807, 2.05) is 32.0 Å². The molecule has 0 spiro atoms. The number of aryl methyl sites for hydroxylation is 1. The Labute approximate surface area is 139 Å². The van der Waals surface area contributed by atoms with Crippen LogP contribution in [0.25, 0.3) is 0 Å². The summed E-state index contributed by atoms with van der Waals surface area (Å²) in [6, 6.07) is 9.73. The van der Waals surface area contributed by atoms with Crippen LogP contribution < -0.4 is 10.2 Å². The normalized spacial score (nSPS) is 10.3. The molecule has 5 nitrogen and oxygen atoms in total. The molecule has 0 atom stereocenters. The molecule has 0 aliphatic heterocycles. The molecular weight excluding hydrogens is 316 g/mol. The summed E-state index contributed by atoms with van der Waals surface area (Å²) >= 11 is 5.81. The first kappa shape index (κ1) is 16.8. The number of aromatic carboxylic acids is 1. The van der Waals surface area contributed by atoms with Gasteiger partial charge in [0.2, 0.25) is 0 Å². The van der Waals surface area contributed by atoms with Crippen LogP contribution >= 0.6 is 11.6 Å². The van der Waals surface area contributed by atoms with Gasteiger partial charge in [0.1, 0.15) is 0 Å². The Morgan fingerprint density at radius 1 is 1.13 bits per heavy atom. The van der Waals surface area contributed by atoms with E-state index in [1.165, 1.54) is 12.1 Å². The van der Waals surface area contributed by atoms with Gasteiger partial charge in [0.05, 0.1) is 10.6 Å². The molecule has 120 valence electrons. The number of hydrogen-bond acceptors (Lipinski definition) is 3. The van der Waals surface area contributed by atoms with Crippen molar-refractivity contribution in [1.29, 1.82) is 0 Å². The number of halogens is 1. The van der Waals surface area contributed by atoms with E-state index < -0.39 is 5.97 Å². The van der Waals surface area contributed by atoms with Crippen LogP contribution in [0.2, 0.25) is 5.02 Å². The Kier molecular flexibility index (Phi) is 4.91.